The minimum atomic E-state index is 0.0424. The fourth-order valence-electron chi connectivity index (χ4n) is 3.21. The third kappa shape index (κ3) is 5.21. The van der Waals surface area contributed by atoms with Crippen molar-refractivity contribution in [1.29, 1.82) is 0 Å². The SMILES string of the molecule is CN=C(NCC(C)(C)CN(C)C)N1CCOC(c2cnn(C)c2)C1. The van der Waals surface area contributed by atoms with Gasteiger partial charge in [0.25, 0.3) is 0 Å². The Morgan fingerprint density at radius 1 is 1.50 bits per heavy atom. The van der Waals surface area contributed by atoms with Crippen LogP contribution in [0.4, 0.5) is 0 Å². The second-order valence-corrected chi connectivity index (χ2v) is 7.56. The summed E-state index contributed by atoms with van der Waals surface area (Å²) in [6.07, 6.45) is 3.94. The van der Waals surface area contributed by atoms with Crippen LogP contribution < -0.4 is 5.32 Å². The summed E-state index contributed by atoms with van der Waals surface area (Å²) in [6, 6.07) is 0. The van der Waals surface area contributed by atoms with Crippen LogP contribution in [-0.2, 0) is 11.8 Å². The largest absolute Gasteiger partial charge is 0.370 e. The lowest BCUT2D eigenvalue weighted by Gasteiger charge is -2.36. The molecule has 0 saturated carbocycles. The van der Waals surface area contributed by atoms with E-state index in [1.54, 1.807) is 0 Å². The fraction of sp³-hybridized carbons (Fsp3) is 0.765. The van der Waals surface area contributed by atoms with E-state index in [9.17, 15) is 0 Å². The molecule has 1 aliphatic heterocycles. The summed E-state index contributed by atoms with van der Waals surface area (Å²) in [6.45, 7) is 8.78. The third-order valence-corrected chi connectivity index (χ3v) is 4.14. The fourth-order valence-corrected chi connectivity index (χ4v) is 3.21. The zero-order valence-electron chi connectivity index (χ0n) is 15.9. The molecule has 0 radical (unpaired) electrons. The van der Waals surface area contributed by atoms with E-state index in [2.05, 4.69) is 53.2 Å². The van der Waals surface area contributed by atoms with Crippen LogP contribution in [0.1, 0.15) is 25.5 Å². The van der Waals surface area contributed by atoms with Gasteiger partial charge in [-0.25, -0.2) is 0 Å². The van der Waals surface area contributed by atoms with Gasteiger partial charge in [-0.1, -0.05) is 13.8 Å². The first kappa shape index (κ1) is 18.7. The van der Waals surface area contributed by atoms with Crippen molar-refractivity contribution in [2.75, 3.05) is 53.9 Å². The Morgan fingerprint density at radius 3 is 2.83 bits per heavy atom. The molecule has 1 aromatic rings. The normalized spacial score (nSPS) is 19.9. The van der Waals surface area contributed by atoms with Gasteiger partial charge in [0.2, 0.25) is 0 Å². The third-order valence-electron chi connectivity index (χ3n) is 4.14. The molecule has 0 aliphatic carbocycles. The number of nitrogens with one attached hydrogen (secondary N) is 1. The Hall–Kier alpha value is -1.60. The van der Waals surface area contributed by atoms with Gasteiger partial charge in [0.05, 0.1) is 19.3 Å². The Bertz CT molecular complexity index is 551. The standard InChI is InChI=1S/C17H32N6O/c1-17(2,13-21(4)5)12-19-16(18-3)23-7-8-24-15(11-23)14-9-20-22(6)10-14/h9-10,15H,7-8,11-13H2,1-6H3,(H,18,19). The van der Waals surface area contributed by atoms with Crippen molar-refractivity contribution >= 4 is 5.96 Å². The zero-order chi connectivity index (χ0) is 17.7. The van der Waals surface area contributed by atoms with Gasteiger partial charge >= 0.3 is 0 Å². The second-order valence-electron chi connectivity index (χ2n) is 7.56. The van der Waals surface area contributed by atoms with E-state index in [1.165, 1.54) is 0 Å². The summed E-state index contributed by atoms with van der Waals surface area (Å²) in [7, 11) is 7.99. The summed E-state index contributed by atoms with van der Waals surface area (Å²) >= 11 is 0. The van der Waals surface area contributed by atoms with E-state index < -0.39 is 0 Å². The maximum Gasteiger partial charge on any atom is 0.193 e. The average molecular weight is 336 g/mol. The number of rotatable bonds is 5. The molecule has 7 nitrogen and oxygen atoms in total. The van der Waals surface area contributed by atoms with Gasteiger partial charge in [-0.2, -0.15) is 5.10 Å². The second kappa shape index (κ2) is 7.98. The smallest absolute Gasteiger partial charge is 0.193 e. The van der Waals surface area contributed by atoms with Crippen LogP contribution in [0.5, 0.6) is 0 Å². The predicted octanol–water partition coefficient (Wildman–Crippen LogP) is 0.957. The van der Waals surface area contributed by atoms with Crippen LogP contribution in [0.15, 0.2) is 17.4 Å². The van der Waals surface area contributed by atoms with Crippen LogP contribution in [-0.4, -0.2) is 79.5 Å². The lowest BCUT2D eigenvalue weighted by Crippen LogP contribution is -2.50. The molecule has 7 heteroatoms. The zero-order valence-corrected chi connectivity index (χ0v) is 15.9. The van der Waals surface area contributed by atoms with Crippen molar-refractivity contribution in [3.05, 3.63) is 18.0 Å². The van der Waals surface area contributed by atoms with Gasteiger partial charge in [0.15, 0.2) is 5.96 Å². The topological polar surface area (TPSA) is 57.9 Å². The lowest BCUT2D eigenvalue weighted by atomic mass is 9.93. The number of hydrogen-bond acceptors (Lipinski definition) is 4. The van der Waals surface area contributed by atoms with Crippen molar-refractivity contribution in [1.82, 2.24) is 24.9 Å². The van der Waals surface area contributed by atoms with Crippen molar-refractivity contribution in [2.45, 2.75) is 20.0 Å². The molecular weight excluding hydrogens is 304 g/mol. The highest BCUT2D eigenvalue weighted by Crippen LogP contribution is 2.22. The monoisotopic (exact) mass is 336 g/mol. The lowest BCUT2D eigenvalue weighted by molar-refractivity contribution is -0.00819. The van der Waals surface area contributed by atoms with E-state index in [0.717, 1.165) is 37.7 Å². The first-order chi connectivity index (χ1) is 11.3. The Labute approximate surface area is 145 Å². The maximum absolute atomic E-state index is 5.92. The van der Waals surface area contributed by atoms with E-state index in [-0.39, 0.29) is 11.5 Å². The number of aliphatic imine (C=N–C) groups is 1. The van der Waals surface area contributed by atoms with E-state index >= 15 is 0 Å². The number of ether oxygens (including phenoxy) is 1. The van der Waals surface area contributed by atoms with E-state index in [4.69, 9.17) is 4.74 Å². The summed E-state index contributed by atoms with van der Waals surface area (Å²) in [5.41, 5.74) is 1.29. The molecule has 24 heavy (non-hydrogen) atoms. The molecule has 1 fully saturated rings. The quantitative estimate of drug-likeness (QED) is 0.641. The molecule has 1 aliphatic rings. The Balaban J connectivity index is 1.95. The van der Waals surface area contributed by atoms with E-state index in [1.807, 2.05) is 31.2 Å². The summed E-state index contributed by atoms with van der Waals surface area (Å²) in [5.74, 6) is 0.944. The average Bonchev–Trinajstić information content (AvgIpc) is 2.93. The number of guanidine groups is 1. The highest BCUT2D eigenvalue weighted by atomic mass is 16.5. The molecule has 2 rings (SSSR count). The molecule has 0 spiro atoms. The van der Waals surface area contributed by atoms with Gasteiger partial charge in [-0.05, 0) is 19.5 Å². The molecule has 0 bridgehead atoms. The molecule has 136 valence electrons. The van der Waals surface area contributed by atoms with Crippen LogP contribution in [0, 0.1) is 5.41 Å². The number of hydrogen-bond donors (Lipinski definition) is 1. The predicted molar refractivity (Wildman–Crippen MR) is 97.2 cm³/mol. The first-order valence-corrected chi connectivity index (χ1v) is 8.51. The van der Waals surface area contributed by atoms with Crippen LogP contribution in [0.3, 0.4) is 0 Å². The summed E-state index contributed by atoms with van der Waals surface area (Å²) < 4.78 is 7.73. The summed E-state index contributed by atoms with van der Waals surface area (Å²) in [5, 5.41) is 7.78. The Morgan fingerprint density at radius 2 is 2.25 bits per heavy atom. The molecular formula is C17H32N6O. The minimum Gasteiger partial charge on any atom is -0.370 e. The van der Waals surface area contributed by atoms with Gasteiger partial charge in [0, 0.05) is 45.5 Å². The number of aromatic nitrogens is 2. The van der Waals surface area contributed by atoms with E-state index in [0.29, 0.717) is 6.61 Å². The number of nitrogens with zero attached hydrogens (tertiary/aromatic N) is 5. The van der Waals surface area contributed by atoms with Gasteiger partial charge < -0.3 is 19.9 Å². The highest BCUT2D eigenvalue weighted by Gasteiger charge is 2.26. The van der Waals surface area contributed by atoms with Crippen molar-refractivity contribution < 1.29 is 4.74 Å². The summed E-state index contributed by atoms with van der Waals surface area (Å²) in [4.78, 5) is 8.96. The molecule has 1 unspecified atom stereocenters. The number of morpholine rings is 1. The molecule has 1 N–H and O–H groups in total. The van der Waals surface area contributed by atoms with Gasteiger partial charge in [-0.15, -0.1) is 0 Å². The molecule has 0 aromatic carbocycles. The number of aryl methyl sites for hydroxylation is 1. The maximum atomic E-state index is 5.92. The van der Waals surface area contributed by atoms with Gasteiger partial charge in [-0.3, -0.25) is 9.67 Å². The van der Waals surface area contributed by atoms with Gasteiger partial charge in [0.1, 0.15) is 6.10 Å². The Kier molecular flexibility index (Phi) is 6.23. The highest BCUT2D eigenvalue weighted by molar-refractivity contribution is 5.80. The van der Waals surface area contributed by atoms with Crippen molar-refractivity contribution in [3.63, 3.8) is 0 Å². The minimum absolute atomic E-state index is 0.0424. The molecule has 2 heterocycles. The van der Waals surface area contributed by atoms with Crippen molar-refractivity contribution in [2.24, 2.45) is 17.5 Å². The molecule has 1 atom stereocenters. The molecule has 1 aromatic heterocycles. The van der Waals surface area contributed by atoms with Crippen LogP contribution in [0.25, 0.3) is 0 Å². The first-order valence-electron chi connectivity index (χ1n) is 8.51. The molecule has 0 amide bonds. The van der Waals surface area contributed by atoms with Crippen molar-refractivity contribution in [3.8, 4) is 0 Å². The molecule has 1 saturated heterocycles. The van der Waals surface area contributed by atoms with Crippen LogP contribution in [0.2, 0.25) is 0 Å². The van der Waals surface area contributed by atoms with Crippen LogP contribution >= 0.6 is 0 Å².